The van der Waals surface area contributed by atoms with E-state index in [9.17, 15) is 18.0 Å². The zero-order valence-electron chi connectivity index (χ0n) is 9.29. The highest BCUT2D eigenvalue weighted by atomic mass is 79.9. The standard InChI is InChI=1S/C11H10BrF3O3/c1-18-6-2-3-9(12)7(4-6)8(5-10(16)17)11(13,14)15/h2-4,8H,5H2,1H3,(H,16,17). The maximum absolute atomic E-state index is 12.9. The third-order valence-electron chi connectivity index (χ3n) is 2.35. The average Bonchev–Trinajstić information content (AvgIpc) is 2.25. The first-order valence-electron chi connectivity index (χ1n) is 4.87. The van der Waals surface area contributed by atoms with Gasteiger partial charge in [0.2, 0.25) is 0 Å². The van der Waals surface area contributed by atoms with Gasteiger partial charge in [-0.1, -0.05) is 15.9 Å². The molecule has 1 aromatic rings. The van der Waals surface area contributed by atoms with Crippen LogP contribution >= 0.6 is 15.9 Å². The van der Waals surface area contributed by atoms with E-state index in [2.05, 4.69) is 15.9 Å². The highest BCUT2D eigenvalue weighted by Crippen LogP contribution is 2.41. The fraction of sp³-hybridized carbons (Fsp3) is 0.364. The Bertz CT molecular complexity index is 446. The number of alkyl halides is 3. The van der Waals surface area contributed by atoms with Gasteiger partial charge in [0.05, 0.1) is 19.4 Å². The lowest BCUT2D eigenvalue weighted by molar-refractivity contribution is -0.163. The molecule has 7 heteroatoms. The molecule has 1 N–H and O–H groups in total. The van der Waals surface area contributed by atoms with Gasteiger partial charge in [0.15, 0.2) is 0 Å². The van der Waals surface area contributed by atoms with Crippen LogP contribution in [0.1, 0.15) is 17.9 Å². The first-order chi connectivity index (χ1) is 8.25. The first-order valence-corrected chi connectivity index (χ1v) is 5.67. The molecule has 0 bridgehead atoms. The summed E-state index contributed by atoms with van der Waals surface area (Å²) in [5, 5.41) is 8.58. The number of carboxylic acid groups (broad SMARTS) is 1. The van der Waals surface area contributed by atoms with Crippen LogP contribution in [0.5, 0.6) is 5.75 Å². The van der Waals surface area contributed by atoms with Crippen molar-refractivity contribution < 1.29 is 27.8 Å². The number of hydrogen-bond acceptors (Lipinski definition) is 2. The van der Waals surface area contributed by atoms with E-state index in [0.717, 1.165) is 0 Å². The highest BCUT2D eigenvalue weighted by molar-refractivity contribution is 9.10. The number of aliphatic carboxylic acids is 1. The van der Waals surface area contributed by atoms with Crippen LogP contribution in [0.25, 0.3) is 0 Å². The second-order valence-corrected chi connectivity index (χ2v) is 4.43. The monoisotopic (exact) mass is 326 g/mol. The number of methoxy groups -OCH3 is 1. The van der Waals surface area contributed by atoms with Gasteiger partial charge in [-0.25, -0.2) is 0 Å². The minimum atomic E-state index is -4.63. The Morgan fingerprint density at radius 1 is 1.50 bits per heavy atom. The largest absolute Gasteiger partial charge is 0.497 e. The summed E-state index contributed by atoms with van der Waals surface area (Å²) >= 11 is 2.99. The molecule has 0 aliphatic heterocycles. The van der Waals surface area contributed by atoms with Gasteiger partial charge in [0.25, 0.3) is 0 Å². The van der Waals surface area contributed by atoms with Crippen molar-refractivity contribution in [3.63, 3.8) is 0 Å². The number of carboxylic acids is 1. The molecule has 0 aliphatic carbocycles. The lowest BCUT2D eigenvalue weighted by atomic mass is 9.95. The third-order valence-corrected chi connectivity index (χ3v) is 3.07. The summed E-state index contributed by atoms with van der Waals surface area (Å²) in [6, 6.07) is 4.07. The van der Waals surface area contributed by atoms with E-state index < -0.39 is 24.5 Å². The van der Waals surface area contributed by atoms with E-state index >= 15 is 0 Å². The van der Waals surface area contributed by atoms with Gasteiger partial charge in [-0.15, -0.1) is 0 Å². The summed E-state index contributed by atoms with van der Waals surface area (Å²) in [5.41, 5.74) is -0.149. The van der Waals surface area contributed by atoms with Gasteiger partial charge >= 0.3 is 12.1 Å². The van der Waals surface area contributed by atoms with Crippen molar-refractivity contribution in [3.8, 4) is 5.75 Å². The minimum Gasteiger partial charge on any atom is -0.497 e. The molecule has 1 unspecified atom stereocenters. The molecule has 3 nitrogen and oxygen atoms in total. The van der Waals surface area contributed by atoms with Crippen LogP contribution in [0, 0.1) is 0 Å². The molecule has 100 valence electrons. The predicted molar refractivity (Wildman–Crippen MR) is 61.7 cm³/mol. The van der Waals surface area contributed by atoms with Gasteiger partial charge in [0, 0.05) is 4.47 Å². The van der Waals surface area contributed by atoms with Crippen molar-refractivity contribution in [3.05, 3.63) is 28.2 Å². The molecular weight excluding hydrogens is 317 g/mol. The van der Waals surface area contributed by atoms with E-state index in [-0.39, 0.29) is 15.8 Å². The zero-order chi connectivity index (χ0) is 13.9. The van der Waals surface area contributed by atoms with Gasteiger partial charge in [0.1, 0.15) is 5.75 Å². The number of rotatable bonds is 4. The van der Waals surface area contributed by atoms with Crippen LogP contribution in [0.2, 0.25) is 0 Å². The van der Waals surface area contributed by atoms with Crippen LogP contribution in [0.3, 0.4) is 0 Å². The molecule has 0 radical (unpaired) electrons. The summed E-state index contributed by atoms with van der Waals surface area (Å²) in [6.45, 7) is 0. The molecule has 1 aromatic carbocycles. The SMILES string of the molecule is COc1ccc(Br)c(C(CC(=O)O)C(F)(F)F)c1. The van der Waals surface area contributed by atoms with Gasteiger partial charge in [-0.2, -0.15) is 13.2 Å². The molecule has 18 heavy (non-hydrogen) atoms. The summed E-state index contributed by atoms with van der Waals surface area (Å²) in [5.74, 6) is -3.33. The fourth-order valence-electron chi connectivity index (χ4n) is 1.49. The molecule has 0 aliphatic rings. The number of carbonyl (C=O) groups is 1. The lowest BCUT2D eigenvalue weighted by Gasteiger charge is -2.20. The van der Waals surface area contributed by atoms with Gasteiger partial charge < -0.3 is 9.84 Å². The predicted octanol–water partition coefficient (Wildman–Crippen LogP) is 3.58. The van der Waals surface area contributed by atoms with E-state index in [1.165, 1.54) is 25.3 Å². The maximum Gasteiger partial charge on any atom is 0.396 e. The smallest absolute Gasteiger partial charge is 0.396 e. The Labute approximate surface area is 110 Å². The Hall–Kier alpha value is -1.24. The van der Waals surface area contributed by atoms with Crippen molar-refractivity contribution in [1.29, 1.82) is 0 Å². The second kappa shape index (κ2) is 5.60. The molecular formula is C11H10BrF3O3. The van der Waals surface area contributed by atoms with E-state index in [0.29, 0.717) is 0 Å². The van der Waals surface area contributed by atoms with Crippen LogP contribution in [-0.4, -0.2) is 24.4 Å². The van der Waals surface area contributed by atoms with E-state index in [4.69, 9.17) is 9.84 Å². The number of halogens is 4. The normalized spacial score (nSPS) is 13.2. The van der Waals surface area contributed by atoms with Crippen molar-refractivity contribution >= 4 is 21.9 Å². The molecule has 0 saturated heterocycles. The summed E-state index contributed by atoms with van der Waals surface area (Å²) in [7, 11) is 1.33. The highest BCUT2D eigenvalue weighted by Gasteiger charge is 2.43. The Balaban J connectivity index is 3.23. The average molecular weight is 327 g/mol. The number of ether oxygens (including phenoxy) is 1. The Morgan fingerprint density at radius 3 is 2.56 bits per heavy atom. The summed E-state index contributed by atoms with van der Waals surface area (Å²) < 4.78 is 43.6. The number of hydrogen-bond donors (Lipinski definition) is 1. The third kappa shape index (κ3) is 3.63. The topological polar surface area (TPSA) is 46.5 Å². The first kappa shape index (κ1) is 14.8. The maximum atomic E-state index is 12.9. The van der Waals surface area contributed by atoms with Crippen LogP contribution in [-0.2, 0) is 4.79 Å². The van der Waals surface area contributed by atoms with Gasteiger partial charge in [-0.3, -0.25) is 4.79 Å². The molecule has 1 rings (SSSR count). The van der Waals surface area contributed by atoms with Crippen LogP contribution in [0.15, 0.2) is 22.7 Å². The molecule has 0 amide bonds. The minimum absolute atomic E-state index is 0.149. The van der Waals surface area contributed by atoms with Crippen molar-refractivity contribution in [2.75, 3.05) is 7.11 Å². The van der Waals surface area contributed by atoms with E-state index in [1.54, 1.807) is 0 Å². The number of benzene rings is 1. The van der Waals surface area contributed by atoms with E-state index in [1.807, 2.05) is 0 Å². The van der Waals surface area contributed by atoms with Crippen molar-refractivity contribution in [2.45, 2.75) is 18.5 Å². The fourth-order valence-corrected chi connectivity index (χ4v) is 2.02. The Morgan fingerprint density at radius 2 is 2.11 bits per heavy atom. The lowest BCUT2D eigenvalue weighted by Crippen LogP contribution is -2.24. The van der Waals surface area contributed by atoms with Crippen LogP contribution < -0.4 is 4.74 Å². The molecule has 1 atom stereocenters. The quantitative estimate of drug-likeness (QED) is 0.919. The molecule has 0 aromatic heterocycles. The molecule has 0 spiro atoms. The van der Waals surface area contributed by atoms with Crippen molar-refractivity contribution in [1.82, 2.24) is 0 Å². The summed E-state index contributed by atoms with van der Waals surface area (Å²) in [6.07, 6.45) is -5.65. The molecule has 0 fully saturated rings. The zero-order valence-corrected chi connectivity index (χ0v) is 10.9. The molecule has 0 saturated carbocycles. The summed E-state index contributed by atoms with van der Waals surface area (Å²) in [4.78, 5) is 10.5. The van der Waals surface area contributed by atoms with Crippen molar-refractivity contribution in [2.24, 2.45) is 0 Å². The van der Waals surface area contributed by atoms with Crippen LogP contribution in [0.4, 0.5) is 13.2 Å². The Kier molecular flexibility index (Phi) is 4.61. The van der Waals surface area contributed by atoms with Gasteiger partial charge in [-0.05, 0) is 23.8 Å². The second-order valence-electron chi connectivity index (χ2n) is 3.58. The molecule has 0 heterocycles.